The Morgan fingerprint density at radius 3 is 2.53 bits per heavy atom. The van der Waals surface area contributed by atoms with Gasteiger partial charge in [0.05, 0.1) is 29.6 Å². The van der Waals surface area contributed by atoms with Gasteiger partial charge in [0, 0.05) is 18.9 Å². The third kappa shape index (κ3) is 8.09. The molecule has 0 fully saturated rings. The van der Waals surface area contributed by atoms with Crippen molar-refractivity contribution >= 4 is 29.1 Å². The van der Waals surface area contributed by atoms with Crippen LogP contribution in [0.25, 0.3) is 0 Å². The Morgan fingerprint density at radius 2 is 1.84 bits per heavy atom. The highest BCUT2D eigenvalue weighted by atomic mass is 16.6. The molecule has 0 aliphatic heterocycles. The Kier molecular flexibility index (Phi) is 10.2. The number of methoxy groups -OCH3 is 1. The Bertz CT molecular complexity index is 1300. The summed E-state index contributed by atoms with van der Waals surface area (Å²) in [4.78, 5) is 25.3. The lowest BCUT2D eigenvalue weighted by Gasteiger charge is -2.25. The summed E-state index contributed by atoms with van der Waals surface area (Å²) in [5.41, 5.74) is 8.16. The number of ether oxygens (including phenoxy) is 3. The molecule has 3 rings (SSSR count). The number of anilines is 3. The molecular weight excluding hydrogens is 488 g/mol. The predicted molar refractivity (Wildman–Crippen MR) is 142 cm³/mol. The van der Waals surface area contributed by atoms with E-state index < -0.39 is 24.2 Å². The van der Waals surface area contributed by atoms with Gasteiger partial charge in [-0.1, -0.05) is 24.3 Å². The van der Waals surface area contributed by atoms with E-state index in [1.54, 1.807) is 72.8 Å². The highest BCUT2D eigenvalue weighted by Crippen LogP contribution is 2.28. The van der Waals surface area contributed by atoms with Crippen molar-refractivity contribution in [2.24, 2.45) is 0 Å². The monoisotopic (exact) mass is 516 g/mol. The average molecular weight is 517 g/mol. The number of aliphatic hydroxyl groups is 1. The van der Waals surface area contributed by atoms with Crippen molar-refractivity contribution in [2.45, 2.75) is 12.2 Å². The molecule has 3 aromatic rings. The molecule has 0 saturated heterocycles. The third-order valence-electron chi connectivity index (χ3n) is 5.27. The minimum atomic E-state index is -0.984. The fourth-order valence-corrected chi connectivity index (χ4v) is 3.43. The van der Waals surface area contributed by atoms with Crippen LogP contribution in [-0.4, -0.2) is 43.5 Å². The second kappa shape index (κ2) is 14.0. The molecule has 0 aliphatic carbocycles. The van der Waals surface area contributed by atoms with Crippen LogP contribution < -0.4 is 21.1 Å². The van der Waals surface area contributed by atoms with E-state index in [1.807, 2.05) is 6.07 Å². The molecule has 0 unspecified atom stereocenters. The summed E-state index contributed by atoms with van der Waals surface area (Å²) in [5, 5.41) is 23.3. The van der Waals surface area contributed by atoms with E-state index in [0.717, 1.165) is 0 Å². The molecule has 0 radical (unpaired) electrons. The molecular formula is C28H28N4O6. The molecule has 0 saturated carbocycles. The van der Waals surface area contributed by atoms with E-state index >= 15 is 0 Å². The molecule has 0 bridgehead atoms. The zero-order valence-electron chi connectivity index (χ0n) is 20.7. The summed E-state index contributed by atoms with van der Waals surface area (Å²) in [5.74, 6) is -0.000423. The van der Waals surface area contributed by atoms with Crippen molar-refractivity contribution in [3.8, 4) is 11.8 Å². The summed E-state index contributed by atoms with van der Waals surface area (Å²) in [6, 6.07) is 21.9. The van der Waals surface area contributed by atoms with Gasteiger partial charge in [0.2, 0.25) is 5.91 Å². The first-order valence-corrected chi connectivity index (χ1v) is 11.6. The highest BCUT2D eigenvalue weighted by Gasteiger charge is 2.26. The number of nitrogen functional groups attached to an aromatic ring is 1. The number of nitrogens with one attached hydrogen (secondary N) is 2. The average Bonchev–Trinajstić information content (AvgIpc) is 2.93. The van der Waals surface area contributed by atoms with E-state index in [0.29, 0.717) is 33.9 Å². The number of hydrogen-bond acceptors (Lipinski definition) is 8. The maximum absolute atomic E-state index is 12.8. The van der Waals surface area contributed by atoms with Gasteiger partial charge >= 0.3 is 6.09 Å². The maximum atomic E-state index is 12.8. The van der Waals surface area contributed by atoms with Gasteiger partial charge < -0.3 is 30.4 Å². The number of amides is 2. The molecule has 5 N–H and O–H groups in total. The number of benzene rings is 3. The number of nitrogens with two attached hydrogens (primary N) is 1. The van der Waals surface area contributed by atoms with Crippen molar-refractivity contribution in [3.63, 3.8) is 0 Å². The zero-order valence-corrected chi connectivity index (χ0v) is 20.7. The topological polar surface area (TPSA) is 156 Å². The molecule has 0 spiro atoms. The Balaban J connectivity index is 1.82. The van der Waals surface area contributed by atoms with Gasteiger partial charge in [0.15, 0.2) is 6.10 Å². The highest BCUT2D eigenvalue weighted by molar-refractivity contribution is 6.01. The number of carbonyl (C=O) groups is 2. The number of nitriles is 1. The summed E-state index contributed by atoms with van der Waals surface area (Å²) in [6.45, 7) is -0.0772. The first-order valence-electron chi connectivity index (χ1n) is 11.6. The molecule has 10 nitrogen and oxygen atoms in total. The molecule has 0 aliphatic rings. The van der Waals surface area contributed by atoms with E-state index in [4.69, 9.17) is 30.3 Å². The van der Waals surface area contributed by atoms with Crippen LogP contribution in [0.15, 0.2) is 84.9 Å². The van der Waals surface area contributed by atoms with Gasteiger partial charge in [-0.05, 0) is 60.2 Å². The van der Waals surface area contributed by atoms with Crippen LogP contribution in [0.2, 0.25) is 0 Å². The van der Waals surface area contributed by atoms with Crippen molar-refractivity contribution < 1.29 is 28.9 Å². The second-order valence-corrected chi connectivity index (χ2v) is 7.92. The number of rotatable bonds is 11. The normalized spacial score (nSPS) is 12.2. The maximum Gasteiger partial charge on any atom is 0.412 e. The van der Waals surface area contributed by atoms with E-state index in [1.165, 1.54) is 19.3 Å². The second-order valence-electron chi connectivity index (χ2n) is 7.92. The summed E-state index contributed by atoms with van der Waals surface area (Å²) >= 11 is 0. The van der Waals surface area contributed by atoms with Gasteiger partial charge in [-0.25, -0.2) is 4.79 Å². The number of nitrogens with zero attached hydrogens (tertiary/aromatic N) is 1. The number of para-hydroxylation sites is 2. The molecule has 0 heterocycles. The predicted octanol–water partition coefficient (Wildman–Crippen LogP) is 4.01. The molecule has 10 heteroatoms. The van der Waals surface area contributed by atoms with Gasteiger partial charge in [-0.3, -0.25) is 10.1 Å². The van der Waals surface area contributed by atoms with Gasteiger partial charge in [-0.15, -0.1) is 0 Å². The van der Waals surface area contributed by atoms with Gasteiger partial charge in [0.25, 0.3) is 0 Å². The van der Waals surface area contributed by atoms with Gasteiger partial charge in [0.1, 0.15) is 18.5 Å². The standard InChI is InChI=1S/C28H28N4O6/c1-36-25(13-14-26(34)32-24-8-3-2-7-23(24)30)27(20-5-4-6-22(17-20)37-16-15-33)38-28(35)31-21-11-9-19(18-29)10-12-21/h2-14,17,25,27,33H,15-16,30H2,1H3,(H,31,35)(H,32,34)/b14-13+/t25-,27-/m0/s1. The van der Waals surface area contributed by atoms with E-state index in [9.17, 15) is 9.59 Å². The fraction of sp³-hybridized carbons (Fsp3) is 0.179. The van der Waals surface area contributed by atoms with Crippen LogP contribution in [-0.2, 0) is 14.3 Å². The van der Waals surface area contributed by atoms with Gasteiger partial charge in [-0.2, -0.15) is 5.26 Å². The molecule has 2 amide bonds. The van der Waals surface area contributed by atoms with E-state index in [-0.39, 0.29) is 13.2 Å². The van der Waals surface area contributed by atoms with E-state index in [2.05, 4.69) is 10.6 Å². The summed E-state index contributed by atoms with van der Waals surface area (Å²) < 4.78 is 16.8. The molecule has 3 aromatic carbocycles. The van der Waals surface area contributed by atoms with Crippen molar-refractivity contribution in [1.29, 1.82) is 5.26 Å². The van der Waals surface area contributed by atoms with Crippen molar-refractivity contribution in [3.05, 3.63) is 96.1 Å². The smallest absolute Gasteiger partial charge is 0.412 e. The molecule has 0 aromatic heterocycles. The summed E-state index contributed by atoms with van der Waals surface area (Å²) in [7, 11) is 1.42. The molecule has 196 valence electrons. The quantitative estimate of drug-likeness (QED) is 0.220. The number of aliphatic hydroxyl groups excluding tert-OH is 1. The molecule has 2 atom stereocenters. The van der Waals surface area contributed by atoms with Crippen molar-refractivity contribution in [2.75, 3.05) is 36.7 Å². The summed E-state index contributed by atoms with van der Waals surface area (Å²) in [6.07, 6.45) is 0.102. The lowest BCUT2D eigenvalue weighted by Crippen LogP contribution is -2.27. The van der Waals surface area contributed by atoms with Crippen LogP contribution in [0.1, 0.15) is 17.2 Å². The first kappa shape index (κ1) is 27.7. The van der Waals surface area contributed by atoms with Crippen molar-refractivity contribution in [1.82, 2.24) is 0 Å². The minimum Gasteiger partial charge on any atom is -0.491 e. The van der Waals surface area contributed by atoms with Crippen LogP contribution in [0, 0.1) is 11.3 Å². The lowest BCUT2D eigenvalue weighted by atomic mass is 10.0. The SMILES string of the molecule is CO[C@@H](/C=C/C(=O)Nc1ccccc1N)[C@@H](OC(=O)Nc1ccc(C#N)cc1)c1cccc(OCCO)c1. The van der Waals surface area contributed by atoms with Crippen LogP contribution >= 0.6 is 0 Å². The Morgan fingerprint density at radius 1 is 1.08 bits per heavy atom. The fourth-order valence-electron chi connectivity index (χ4n) is 3.43. The first-order chi connectivity index (χ1) is 18.4. The lowest BCUT2D eigenvalue weighted by molar-refractivity contribution is -0.112. The zero-order chi connectivity index (χ0) is 27.3. The Hall–Kier alpha value is -4.85. The number of carbonyl (C=O) groups excluding carboxylic acids is 2. The molecule has 38 heavy (non-hydrogen) atoms. The van der Waals surface area contributed by atoms with Crippen LogP contribution in [0.4, 0.5) is 21.9 Å². The minimum absolute atomic E-state index is 0.0879. The largest absolute Gasteiger partial charge is 0.491 e. The number of hydrogen-bond donors (Lipinski definition) is 4. The Labute approximate surface area is 220 Å². The third-order valence-corrected chi connectivity index (χ3v) is 5.27. The van der Waals surface area contributed by atoms with Crippen LogP contribution in [0.3, 0.4) is 0 Å². The van der Waals surface area contributed by atoms with Crippen LogP contribution in [0.5, 0.6) is 5.75 Å².